The molecule has 0 radical (unpaired) electrons. The van der Waals surface area contributed by atoms with Gasteiger partial charge in [-0.1, -0.05) is 165 Å². The molecule has 1 amide bonds. The summed E-state index contributed by atoms with van der Waals surface area (Å²) in [6.07, 6.45) is 0. The molecule has 1 aliphatic rings. The van der Waals surface area contributed by atoms with E-state index >= 15 is 0 Å². The highest BCUT2D eigenvalue weighted by atomic mass is 32.2. The Morgan fingerprint density at radius 2 is 1.22 bits per heavy atom. The van der Waals surface area contributed by atoms with Crippen molar-refractivity contribution in [3.8, 4) is 11.8 Å². The fraction of sp³-hybridized carbons (Fsp3) is 0.209. The van der Waals surface area contributed by atoms with Crippen LogP contribution in [0.5, 0.6) is 0 Å². The van der Waals surface area contributed by atoms with E-state index in [9.17, 15) is 9.59 Å². The summed E-state index contributed by atoms with van der Waals surface area (Å²) in [5, 5.41) is 3.50. The molecule has 0 saturated carbocycles. The molecule has 6 rings (SSSR count). The summed E-state index contributed by atoms with van der Waals surface area (Å²) in [6.45, 7) is 4.06. The Labute approximate surface area is 293 Å². The summed E-state index contributed by atoms with van der Waals surface area (Å²) in [4.78, 5) is 30.0. The van der Waals surface area contributed by atoms with Gasteiger partial charge in [0, 0.05) is 5.56 Å². The van der Waals surface area contributed by atoms with Gasteiger partial charge in [0.15, 0.2) is 0 Å². The molecule has 5 aromatic carbocycles. The van der Waals surface area contributed by atoms with Gasteiger partial charge in [-0.05, 0) is 40.3 Å². The third kappa shape index (κ3) is 7.49. The first-order valence-electron chi connectivity index (χ1n) is 16.6. The van der Waals surface area contributed by atoms with Gasteiger partial charge in [0.05, 0.1) is 11.3 Å². The fourth-order valence-corrected chi connectivity index (χ4v) is 7.55. The molecule has 6 heteroatoms. The van der Waals surface area contributed by atoms with Gasteiger partial charge < -0.3 is 9.64 Å². The lowest BCUT2D eigenvalue weighted by Gasteiger charge is -2.53. The number of carbonyl (C=O) groups excluding carboxylic acids is 2. The van der Waals surface area contributed by atoms with E-state index in [0.717, 1.165) is 27.8 Å². The first kappa shape index (κ1) is 33.8. The molecule has 1 saturated heterocycles. The first-order valence-corrected chi connectivity index (χ1v) is 17.7. The number of carbonyl (C=O) groups is 2. The molecule has 1 N–H and O–H groups in total. The molecule has 246 valence electrons. The maximum atomic E-state index is 14.5. The maximum absolute atomic E-state index is 14.5. The molecule has 3 unspecified atom stereocenters. The molecular weight excluding hydrogens is 625 g/mol. The molecule has 1 aliphatic heterocycles. The summed E-state index contributed by atoms with van der Waals surface area (Å²) in [5.41, 5.74) is 4.00. The number of thioether (sulfide) groups is 1. The van der Waals surface area contributed by atoms with E-state index in [2.05, 4.69) is 53.6 Å². The number of rotatable bonds is 12. The van der Waals surface area contributed by atoms with E-state index in [4.69, 9.17) is 4.74 Å². The number of hydrogen-bond donors (Lipinski definition) is 1. The number of amides is 1. The maximum Gasteiger partial charge on any atom is 0.329 e. The summed E-state index contributed by atoms with van der Waals surface area (Å²) >= 11 is 1.57. The van der Waals surface area contributed by atoms with Crippen LogP contribution in [-0.2, 0) is 26.5 Å². The van der Waals surface area contributed by atoms with Crippen molar-refractivity contribution in [3.05, 3.63) is 179 Å². The van der Waals surface area contributed by atoms with E-state index in [1.165, 1.54) is 0 Å². The zero-order valence-electron chi connectivity index (χ0n) is 27.7. The quantitative estimate of drug-likeness (QED) is 0.0643. The van der Waals surface area contributed by atoms with Gasteiger partial charge in [0.2, 0.25) is 5.91 Å². The monoisotopic (exact) mass is 664 g/mol. The number of ether oxygens (including phenoxy) is 1. The number of likely N-dealkylation sites (tertiary alicyclic amines) is 1. The Morgan fingerprint density at radius 3 is 1.71 bits per heavy atom. The third-order valence-corrected chi connectivity index (χ3v) is 9.95. The second-order valence-electron chi connectivity index (χ2n) is 12.4. The average molecular weight is 665 g/mol. The molecular formula is C43H40N2O3S. The van der Waals surface area contributed by atoms with Crippen LogP contribution in [0.4, 0.5) is 0 Å². The lowest BCUT2D eigenvalue weighted by atomic mass is 9.76. The van der Waals surface area contributed by atoms with Crippen LogP contribution in [0.15, 0.2) is 152 Å². The van der Waals surface area contributed by atoms with E-state index in [0.29, 0.717) is 5.75 Å². The van der Waals surface area contributed by atoms with E-state index in [1.54, 1.807) is 16.7 Å². The molecule has 1 fully saturated rings. The number of benzene rings is 5. The fourth-order valence-electron chi connectivity index (χ4n) is 6.45. The van der Waals surface area contributed by atoms with Crippen LogP contribution in [-0.4, -0.2) is 40.0 Å². The van der Waals surface area contributed by atoms with Crippen LogP contribution in [0.2, 0.25) is 0 Å². The first-order chi connectivity index (χ1) is 24.0. The van der Waals surface area contributed by atoms with Crippen LogP contribution in [0, 0.1) is 17.8 Å². The molecule has 0 aliphatic carbocycles. The van der Waals surface area contributed by atoms with E-state index < -0.39 is 23.6 Å². The van der Waals surface area contributed by atoms with Gasteiger partial charge in [0.1, 0.15) is 24.1 Å². The van der Waals surface area contributed by atoms with Crippen molar-refractivity contribution in [2.24, 2.45) is 5.92 Å². The van der Waals surface area contributed by atoms with E-state index in [1.807, 2.05) is 129 Å². The van der Waals surface area contributed by atoms with E-state index in [-0.39, 0.29) is 23.8 Å². The van der Waals surface area contributed by atoms with Crippen molar-refractivity contribution in [1.29, 1.82) is 0 Å². The Balaban J connectivity index is 1.37. The number of nitrogens with one attached hydrogen (secondary N) is 1. The second-order valence-corrected chi connectivity index (χ2v) is 13.5. The number of hydrogen-bond acceptors (Lipinski definition) is 5. The Hall–Kier alpha value is -5.09. The van der Waals surface area contributed by atoms with Crippen LogP contribution >= 0.6 is 11.8 Å². The van der Waals surface area contributed by atoms with Gasteiger partial charge >= 0.3 is 5.97 Å². The van der Waals surface area contributed by atoms with Gasteiger partial charge in [0.25, 0.3) is 0 Å². The van der Waals surface area contributed by atoms with Crippen LogP contribution in [0.1, 0.15) is 41.7 Å². The van der Waals surface area contributed by atoms with Gasteiger partial charge in [-0.3, -0.25) is 10.1 Å². The number of β-lactam (4-membered cyclic amide) rings is 1. The summed E-state index contributed by atoms with van der Waals surface area (Å²) < 4.78 is 5.84. The minimum absolute atomic E-state index is 0.143. The zero-order valence-corrected chi connectivity index (χ0v) is 28.6. The Morgan fingerprint density at radius 1 is 0.755 bits per heavy atom. The lowest BCUT2D eigenvalue weighted by Crippen LogP contribution is -2.75. The summed E-state index contributed by atoms with van der Waals surface area (Å²) in [7, 11) is 0. The Bertz CT molecular complexity index is 1780. The summed E-state index contributed by atoms with van der Waals surface area (Å²) in [6, 6.07) is 48.8. The minimum Gasteiger partial charge on any atom is -0.459 e. The predicted molar refractivity (Wildman–Crippen MR) is 197 cm³/mol. The molecule has 1 heterocycles. The molecule has 5 aromatic rings. The molecule has 0 bridgehead atoms. The molecule has 3 atom stereocenters. The lowest BCUT2D eigenvalue weighted by molar-refractivity contribution is -0.168. The van der Waals surface area contributed by atoms with Crippen molar-refractivity contribution >= 4 is 23.6 Å². The smallest absolute Gasteiger partial charge is 0.329 e. The molecule has 49 heavy (non-hydrogen) atoms. The molecule has 0 spiro atoms. The standard InChI is InChI=1S/C43H40N2O3S/c1-32(2)39(42(47)48-31-34-21-10-4-11-22-34)45-40(46)38(41(45)49-30-18-23-33-19-8-3-9-20-33)44-43(35-24-12-5-13-25-35,36-26-14-6-15-27-36)37-28-16-7-17-29-37/h3-17,19-22,24-29,32,38-39,41,44H,30-31H2,1-2H3. The highest BCUT2D eigenvalue weighted by Gasteiger charge is 2.56. The van der Waals surface area contributed by atoms with Crippen molar-refractivity contribution in [1.82, 2.24) is 10.2 Å². The largest absolute Gasteiger partial charge is 0.459 e. The van der Waals surface area contributed by atoms with Gasteiger partial charge in [-0.15, -0.1) is 11.8 Å². The minimum atomic E-state index is -0.855. The Kier molecular flexibility index (Phi) is 10.9. The van der Waals surface area contributed by atoms with Crippen molar-refractivity contribution < 1.29 is 14.3 Å². The van der Waals surface area contributed by atoms with Gasteiger partial charge in [-0.2, -0.15) is 0 Å². The van der Waals surface area contributed by atoms with Crippen molar-refractivity contribution in [3.63, 3.8) is 0 Å². The van der Waals surface area contributed by atoms with Gasteiger partial charge in [-0.25, -0.2) is 4.79 Å². The topological polar surface area (TPSA) is 58.6 Å². The van der Waals surface area contributed by atoms with Crippen molar-refractivity contribution in [2.75, 3.05) is 5.75 Å². The number of esters is 1. The number of nitrogens with zero attached hydrogens (tertiary/aromatic N) is 1. The van der Waals surface area contributed by atoms with Crippen LogP contribution in [0.25, 0.3) is 0 Å². The second kappa shape index (κ2) is 15.9. The van der Waals surface area contributed by atoms with Crippen molar-refractivity contribution in [2.45, 2.75) is 43.5 Å². The highest BCUT2D eigenvalue weighted by molar-refractivity contribution is 8.00. The molecule has 0 aromatic heterocycles. The highest BCUT2D eigenvalue weighted by Crippen LogP contribution is 2.42. The third-order valence-electron chi connectivity index (χ3n) is 8.80. The zero-order chi connectivity index (χ0) is 34.1. The SMILES string of the molecule is CC(C)C(C(=O)OCc1ccccc1)N1C(=O)C(NC(c2ccccc2)(c2ccccc2)c2ccccc2)C1SCC#Cc1ccccc1. The van der Waals surface area contributed by atoms with Crippen LogP contribution < -0.4 is 5.32 Å². The van der Waals surface area contributed by atoms with Crippen LogP contribution in [0.3, 0.4) is 0 Å². The predicted octanol–water partition coefficient (Wildman–Crippen LogP) is 7.66. The average Bonchev–Trinajstić information content (AvgIpc) is 3.16. The molecule has 5 nitrogen and oxygen atoms in total. The normalized spacial score (nSPS) is 16.3. The summed E-state index contributed by atoms with van der Waals surface area (Å²) in [5.74, 6) is 6.28.